The van der Waals surface area contributed by atoms with E-state index < -0.39 is 11.9 Å². The minimum atomic E-state index is -0.599. The van der Waals surface area contributed by atoms with E-state index in [1.807, 2.05) is 26.8 Å². The van der Waals surface area contributed by atoms with Gasteiger partial charge in [0.25, 0.3) is 5.91 Å². The van der Waals surface area contributed by atoms with Gasteiger partial charge in [-0.1, -0.05) is 53.0 Å². The number of halogens is 3. The van der Waals surface area contributed by atoms with Crippen molar-refractivity contribution in [1.29, 1.82) is 0 Å². The lowest BCUT2D eigenvalue weighted by atomic mass is 10.0. The second-order valence-corrected chi connectivity index (χ2v) is 11.2. The van der Waals surface area contributed by atoms with Gasteiger partial charge in [0, 0.05) is 26.6 Å². The highest BCUT2D eigenvalue weighted by Gasteiger charge is 2.23. The highest BCUT2D eigenvalue weighted by molar-refractivity contribution is 6.39. The fraction of sp³-hybridized carbons (Fsp3) is 0.171. The molecule has 0 fully saturated rings. The molecule has 2 N–H and O–H groups in total. The Morgan fingerprint density at radius 3 is 2.19 bits per heavy atom. The molecule has 0 atom stereocenters. The van der Waals surface area contributed by atoms with Gasteiger partial charge in [0.2, 0.25) is 0 Å². The number of H-pyrrole nitrogens is 1. The third kappa shape index (κ3) is 7.65. The summed E-state index contributed by atoms with van der Waals surface area (Å²) in [5, 5.41) is 5.99. The highest BCUT2D eigenvalue weighted by Crippen LogP contribution is 2.40. The first kappa shape index (κ1) is 33.7. The van der Waals surface area contributed by atoms with Crippen LogP contribution in [0, 0.1) is 0 Å². The van der Waals surface area contributed by atoms with Crippen LogP contribution in [0.1, 0.15) is 47.2 Å². The van der Waals surface area contributed by atoms with Gasteiger partial charge in [0.15, 0.2) is 23.0 Å². The van der Waals surface area contributed by atoms with Crippen LogP contribution < -0.4 is 24.4 Å². The predicted octanol–water partition coefficient (Wildman–Crippen LogP) is 8.97. The van der Waals surface area contributed by atoms with Gasteiger partial charge in [-0.15, -0.1) is 0 Å². The molecule has 1 heterocycles. The van der Waals surface area contributed by atoms with Crippen LogP contribution in [0.5, 0.6) is 23.0 Å². The quantitative estimate of drug-likeness (QED) is 0.0584. The zero-order valence-corrected chi connectivity index (χ0v) is 27.9. The monoisotopic (exact) mass is 693 g/mol. The zero-order valence-electron chi connectivity index (χ0n) is 25.7. The summed E-state index contributed by atoms with van der Waals surface area (Å²) in [5.41, 5.74) is 5.30. The number of benzene rings is 4. The Hall–Kier alpha value is -4.70. The lowest BCUT2D eigenvalue weighted by molar-refractivity contribution is 0.0727. The number of hydrogen-bond acceptors (Lipinski definition) is 7. The summed E-state index contributed by atoms with van der Waals surface area (Å²) in [6.45, 7) is 6.70. The lowest BCUT2D eigenvalue weighted by Crippen LogP contribution is -2.19. The molecular formula is C35H30Cl3N3O6. The molecule has 5 rings (SSSR count). The third-order valence-electron chi connectivity index (χ3n) is 6.82. The Morgan fingerprint density at radius 1 is 0.787 bits per heavy atom. The number of amides is 1. The number of nitrogens with one attached hydrogen (secondary N) is 2. The Kier molecular flexibility index (Phi) is 10.9. The van der Waals surface area contributed by atoms with E-state index in [4.69, 9.17) is 53.8 Å². The normalized spacial score (nSPS) is 11.1. The second-order valence-electron chi connectivity index (χ2n) is 9.92. The molecule has 12 heteroatoms. The van der Waals surface area contributed by atoms with Gasteiger partial charge in [0.1, 0.15) is 5.69 Å². The SMILES string of the molecule is CCOc1ccc(C(=O)Oc2ccc(C=NNC(=O)c3[nH]c4c(Cl)cc(Cl)cc4c3-c3ccccc3Cl)cc2OCC)cc1OCC. The number of aromatic nitrogens is 1. The van der Waals surface area contributed by atoms with E-state index in [2.05, 4.69) is 15.5 Å². The molecule has 9 nitrogen and oxygen atoms in total. The lowest BCUT2D eigenvalue weighted by Gasteiger charge is -2.13. The molecule has 0 saturated heterocycles. The van der Waals surface area contributed by atoms with Crippen LogP contribution in [-0.2, 0) is 0 Å². The molecule has 0 aliphatic rings. The number of rotatable bonds is 12. The number of carbonyl (C=O) groups excluding carboxylic acids is 2. The average molecular weight is 695 g/mol. The minimum absolute atomic E-state index is 0.202. The van der Waals surface area contributed by atoms with Gasteiger partial charge in [-0.2, -0.15) is 5.10 Å². The molecule has 0 aliphatic carbocycles. The van der Waals surface area contributed by atoms with Crippen LogP contribution in [0.2, 0.25) is 15.1 Å². The second kappa shape index (κ2) is 15.3. The van der Waals surface area contributed by atoms with Gasteiger partial charge in [-0.25, -0.2) is 10.2 Å². The van der Waals surface area contributed by atoms with E-state index in [-0.39, 0.29) is 17.0 Å². The van der Waals surface area contributed by atoms with Crippen LogP contribution in [-0.4, -0.2) is 42.9 Å². The maximum absolute atomic E-state index is 13.4. The van der Waals surface area contributed by atoms with Crippen LogP contribution in [0.15, 0.2) is 77.9 Å². The fourth-order valence-corrected chi connectivity index (χ4v) is 5.62. The molecule has 47 heavy (non-hydrogen) atoms. The molecule has 1 amide bonds. The smallest absolute Gasteiger partial charge is 0.343 e. The number of nitrogens with zero attached hydrogens (tertiary/aromatic N) is 1. The number of fused-ring (bicyclic) bond motifs is 1. The summed E-state index contributed by atoms with van der Waals surface area (Å²) in [4.78, 5) is 29.6. The van der Waals surface area contributed by atoms with Crippen LogP contribution in [0.4, 0.5) is 0 Å². The third-order valence-corrected chi connectivity index (χ3v) is 7.67. The summed E-state index contributed by atoms with van der Waals surface area (Å²) < 4.78 is 22.6. The number of aromatic amines is 1. The average Bonchev–Trinajstić information content (AvgIpc) is 3.43. The van der Waals surface area contributed by atoms with Crippen molar-refractivity contribution in [2.24, 2.45) is 5.10 Å². The molecule has 4 aromatic carbocycles. The van der Waals surface area contributed by atoms with E-state index >= 15 is 0 Å². The minimum Gasteiger partial charge on any atom is -0.490 e. The maximum atomic E-state index is 13.4. The van der Waals surface area contributed by atoms with Crippen molar-refractivity contribution in [3.05, 3.63) is 105 Å². The summed E-state index contributed by atoms with van der Waals surface area (Å²) >= 11 is 19.3. The van der Waals surface area contributed by atoms with Crippen LogP contribution in [0.25, 0.3) is 22.0 Å². The van der Waals surface area contributed by atoms with Gasteiger partial charge in [0.05, 0.1) is 42.1 Å². The van der Waals surface area contributed by atoms with Crippen molar-refractivity contribution in [1.82, 2.24) is 10.4 Å². The molecule has 5 aromatic rings. The highest BCUT2D eigenvalue weighted by atomic mass is 35.5. The van der Waals surface area contributed by atoms with Crippen molar-refractivity contribution >= 4 is 63.8 Å². The van der Waals surface area contributed by atoms with Crippen molar-refractivity contribution in [2.75, 3.05) is 19.8 Å². The molecule has 0 bridgehead atoms. The van der Waals surface area contributed by atoms with Gasteiger partial charge in [-0.3, -0.25) is 4.79 Å². The number of hydrogen-bond donors (Lipinski definition) is 2. The van der Waals surface area contributed by atoms with Gasteiger partial charge >= 0.3 is 5.97 Å². The fourth-order valence-electron chi connectivity index (χ4n) is 4.85. The Labute approximate surface area is 286 Å². The first-order chi connectivity index (χ1) is 22.7. The summed E-state index contributed by atoms with van der Waals surface area (Å²) in [5.74, 6) is 0.378. The van der Waals surface area contributed by atoms with E-state index in [9.17, 15) is 9.59 Å². The Balaban J connectivity index is 1.37. The molecule has 1 aromatic heterocycles. The topological polar surface area (TPSA) is 111 Å². The zero-order chi connectivity index (χ0) is 33.5. The number of ether oxygens (including phenoxy) is 4. The molecule has 0 aliphatic heterocycles. The number of esters is 1. The first-order valence-corrected chi connectivity index (χ1v) is 15.8. The summed E-state index contributed by atoms with van der Waals surface area (Å²) in [6, 6.07) is 20.2. The predicted molar refractivity (Wildman–Crippen MR) is 185 cm³/mol. The van der Waals surface area contributed by atoms with E-state index in [0.29, 0.717) is 79.7 Å². The molecular weight excluding hydrogens is 665 g/mol. The molecule has 0 spiro atoms. The Morgan fingerprint density at radius 2 is 1.47 bits per heavy atom. The number of carbonyl (C=O) groups is 2. The van der Waals surface area contributed by atoms with Crippen LogP contribution >= 0.6 is 34.8 Å². The van der Waals surface area contributed by atoms with Crippen LogP contribution in [0.3, 0.4) is 0 Å². The van der Waals surface area contributed by atoms with E-state index in [1.165, 1.54) is 6.21 Å². The van der Waals surface area contributed by atoms with E-state index in [1.54, 1.807) is 66.7 Å². The number of hydrazone groups is 1. The van der Waals surface area contributed by atoms with Crippen molar-refractivity contribution < 1.29 is 28.5 Å². The molecule has 0 saturated carbocycles. The molecule has 0 radical (unpaired) electrons. The van der Waals surface area contributed by atoms with Gasteiger partial charge in [-0.05, 0) is 80.9 Å². The van der Waals surface area contributed by atoms with E-state index in [0.717, 1.165) is 0 Å². The molecule has 0 unspecified atom stereocenters. The summed E-state index contributed by atoms with van der Waals surface area (Å²) in [7, 11) is 0. The van der Waals surface area contributed by atoms with Crippen molar-refractivity contribution in [3.63, 3.8) is 0 Å². The largest absolute Gasteiger partial charge is 0.490 e. The van der Waals surface area contributed by atoms with Gasteiger partial charge < -0.3 is 23.9 Å². The first-order valence-electron chi connectivity index (χ1n) is 14.7. The van der Waals surface area contributed by atoms with Crippen molar-refractivity contribution in [3.8, 4) is 34.1 Å². The summed E-state index contributed by atoms with van der Waals surface area (Å²) in [6.07, 6.45) is 1.44. The molecule has 242 valence electrons. The standard InChI is InChI=1S/C35H30Cl3N3O6/c1-4-44-27-14-12-21(16-30(27)46-6-3)35(43)47-28-13-11-20(15-29(28)45-5-2)19-39-41-34(42)33-31(23-9-7-8-10-25(23)37)24-17-22(36)18-26(38)32(24)40-33/h7-19,40H,4-6H2,1-3H3,(H,41,42). The van der Waals surface area contributed by atoms with Crippen molar-refractivity contribution in [2.45, 2.75) is 20.8 Å². The Bertz CT molecular complexity index is 1970. The maximum Gasteiger partial charge on any atom is 0.343 e.